The molecule has 15 heteroatoms. The first kappa shape index (κ1) is 20.2. The average molecular weight is 444 g/mol. The highest BCUT2D eigenvalue weighted by molar-refractivity contribution is 7.89. The molecule has 0 aromatic carbocycles. The van der Waals surface area contributed by atoms with Crippen LogP contribution < -0.4 is 0 Å². The molecule has 0 atom stereocenters. The van der Waals surface area contributed by atoms with E-state index >= 15 is 0 Å². The summed E-state index contributed by atoms with van der Waals surface area (Å²) in [6.45, 7) is -1.72. The van der Waals surface area contributed by atoms with Crippen molar-refractivity contribution >= 4 is 33.6 Å². The summed E-state index contributed by atoms with van der Waals surface area (Å²) in [6, 6.07) is 0.658. The van der Waals surface area contributed by atoms with Gasteiger partial charge in [-0.15, -0.1) is 0 Å². The molecule has 152 valence electrons. The lowest BCUT2D eigenvalue weighted by molar-refractivity contribution is -0.147. The van der Waals surface area contributed by atoms with E-state index in [0.717, 1.165) is 0 Å². The number of aromatic carboxylic acids is 2. The molecule has 1 aliphatic rings. The Balaban J connectivity index is 2.05. The van der Waals surface area contributed by atoms with Gasteiger partial charge in [0.05, 0.1) is 12.2 Å². The number of carboxylic acid groups (broad SMARTS) is 2. The van der Waals surface area contributed by atoms with Crippen molar-refractivity contribution in [1.29, 1.82) is 0 Å². The van der Waals surface area contributed by atoms with Gasteiger partial charge in [-0.05, 0) is 11.6 Å². The van der Waals surface area contributed by atoms with Crippen LogP contribution in [-0.4, -0.2) is 51.0 Å². The standard InChI is InChI=1S/C13H9ClF3N3O7S/c14-9-7(3-6(27-9)10(21)22)28(25,26)19-1-2-20-5(4-19)8(11(23)24)18-12(20)13(15,16)17/h3H,1-2,4H2,(H,21,22)(H,23,24). The van der Waals surface area contributed by atoms with Gasteiger partial charge in [-0.3, -0.25) is 0 Å². The Kier molecular flexibility index (Phi) is 4.68. The first-order valence-corrected chi connectivity index (χ1v) is 9.08. The van der Waals surface area contributed by atoms with E-state index in [1.54, 1.807) is 0 Å². The maximum Gasteiger partial charge on any atom is 0.449 e. The largest absolute Gasteiger partial charge is 0.476 e. The molecule has 0 fully saturated rings. The predicted molar refractivity (Wildman–Crippen MR) is 82.5 cm³/mol. The molecule has 28 heavy (non-hydrogen) atoms. The Labute approximate surface area is 158 Å². The lowest BCUT2D eigenvalue weighted by Gasteiger charge is -2.28. The van der Waals surface area contributed by atoms with Crippen molar-refractivity contribution in [2.24, 2.45) is 0 Å². The van der Waals surface area contributed by atoms with Crippen LogP contribution in [0.4, 0.5) is 13.2 Å². The lowest BCUT2D eigenvalue weighted by Crippen LogP contribution is -2.39. The van der Waals surface area contributed by atoms with Crippen LogP contribution >= 0.6 is 11.6 Å². The highest BCUT2D eigenvalue weighted by atomic mass is 35.5. The Bertz CT molecular complexity index is 1090. The second-order valence-electron chi connectivity index (χ2n) is 5.58. The van der Waals surface area contributed by atoms with Gasteiger partial charge in [0, 0.05) is 19.2 Å². The molecule has 10 nitrogen and oxygen atoms in total. The van der Waals surface area contributed by atoms with E-state index in [9.17, 15) is 31.2 Å². The molecule has 0 saturated heterocycles. The zero-order valence-corrected chi connectivity index (χ0v) is 15.0. The molecule has 0 saturated carbocycles. The van der Waals surface area contributed by atoms with Crippen LogP contribution in [0, 0.1) is 0 Å². The summed E-state index contributed by atoms with van der Waals surface area (Å²) in [5.74, 6) is -5.54. The Morgan fingerprint density at radius 3 is 2.36 bits per heavy atom. The number of nitrogens with zero attached hydrogens (tertiary/aromatic N) is 3. The number of alkyl halides is 3. The summed E-state index contributed by atoms with van der Waals surface area (Å²) in [7, 11) is -4.49. The van der Waals surface area contributed by atoms with Crippen LogP contribution in [0.3, 0.4) is 0 Å². The number of sulfonamides is 1. The molecule has 0 aliphatic carbocycles. The van der Waals surface area contributed by atoms with Gasteiger partial charge in [0.15, 0.2) is 5.69 Å². The minimum absolute atomic E-state index is 0.461. The van der Waals surface area contributed by atoms with Gasteiger partial charge in [0.25, 0.3) is 0 Å². The smallest absolute Gasteiger partial charge is 0.449 e. The number of aromatic nitrogens is 2. The quantitative estimate of drug-likeness (QED) is 0.727. The van der Waals surface area contributed by atoms with Crippen LogP contribution in [0.15, 0.2) is 15.4 Å². The number of hydrogen-bond donors (Lipinski definition) is 2. The van der Waals surface area contributed by atoms with E-state index in [4.69, 9.17) is 21.8 Å². The van der Waals surface area contributed by atoms with Crippen molar-refractivity contribution in [1.82, 2.24) is 13.9 Å². The molecule has 2 aromatic heterocycles. The number of fused-ring (bicyclic) bond motifs is 1. The monoisotopic (exact) mass is 443 g/mol. The fourth-order valence-corrected chi connectivity index (χ4v) is 4.53. The third kappa shape index (κ3) is 3.22. The lowest BCUT2D eigenvalue weighted by atomic mass is 10.2. The molecule has 0 unspecified atom stereocenters. The summed E-state index contributed by atoms with van der Waals surface area (Å²) >= 11 is 5.64. The maximum absolute atomic E-state index is 13.1. The highest BCUT2D eigenvalue weighted by Crippen LogP contribution is 2.35. The van der Waals surface area contributed by atoms with Crippen LogP contribution in [0.25, 0.3) is 0 Å². The molecule has 2 N–H and O–H groups in total. The number of imidazole rings is 1. The summed E-state index contributed by atoms with van der Waals surface area (Å²) < 4.78 is 70.6. The first-order chi connectivity index (χ1) is 12.8. The molecule has 3 heterocycles. The van der Waals surface area contributed by atoms with E-state index in [1.165, 1.54) is 0 Å². The number of rotatable bonds is 4. The van der Waals surface area contributed by atoms with E-state index in [1.807, 2.05) is 0 Å². The van der Waals surface area contributed by atoms with Crippen molar-refractivity contribution in [3.05, 3.63) is 34.3 Å². The molecule has 0 spiro atoms. The van der Waals surface area contributed by atoms with Gasteiger partial charge >= 0.3 is 18.1 Å². The van der Waals surface area contributed by atoms with Gasteiger partial charge in [0.1, 0.15) is 4.90 Å². The van der Waals surface area contributed by atoms with Gasteiger partial charge in [-0.25, -0.2) is 23.0 Å². The van der Waals surface area contributed by atoms with Crippen LogP contribution in [0.2, 0.25) is 5.22 Å². The molecule has 0 bridgehead atoms. The van der Waals surface area contributed by atoms with Crippen molar-refractivity contribution in [2.75, 3.05) is 6.54 Å². The number of hydrogen-bond acceptors (Lipinski definition) is 6. The summed E-state index contributed by atoms with van der Waals surface area (Å²) in [5, 5.41) is 17.2. The maximum atomic E-state index is 13.1. The van der Waals surface area contributed by atoms with Crippen LogP contribution in [-0.2, 0) is 29.3 Å². The fraction of sp³-hybridized carbons (Fsp3) is 0.308. The molecule has 1 aliphatic heterocycles. The first-order valence-electron chi connectivity index (χ1n) is 7.26. The average Bonchev–Trinajstić information content (AvgIpc) is 3.15. The Morgan fingerprint density at radius 2 is 1.86 bits per heavy atom. The van der Waals surface area contributed by atoms with Crippen molar-refractivity contribution in [3.8, 4) is 0 Å². The van der Waals surface area contributed by atoms with E-state index in [-0.39, 0.29) is 0 Å². The second kappa shape index (κ2) is 6.49. The zero-order chi connectivity index (χ0) is 21.0. The summed E-state index contributed by atoms with van der Waals surface area (Å²) in [6.07, 6.45) is -4.94. The zero-order valence-electron chi connectivity index (χ0n) is 13.4. The highest BCUT2D eigenvalue weighted by Gasteiger charge is 2.43. The van der Waals surface area contributed by atoms with Gasteiger partial charge in [0.2, 0.25) is 26.8 Å². The summed E-state index contributed by atoms with van der Waals surface area (Å²) in [4.78, 5) is 24.6. The van der Waals surface area contributed by atoms with Gasteiger partial charge < -0.3 is 19.2 Å². The predicted octanol–water partition coefficient (Wildman–Crippen LogP) is 1.75. The Hall–Kier alpha value is -2.58. The number of carboxylic acids is 2. The molecule has 0 radical (unpaired) electrons. The molecule has 2 aromatic rings. The fourth-order valence-electron chi connectivity index (χ4n) is 2.71. The van der Waals surface area contributed by atoms with E-state index < -0.39 is 80.9 Å². The van der Waals surface area contributed by atoms with E-state index in [2.05, 4.69) is 9.40 Å². The summed E-state index contributed by atoms with van der Waals surface area (Å²) in [5.41, 5.74) is -1.40. The molecular weight excluding hydrogens is 435 g/mol. The third-order valence-corrected chi connectivity index (χ3v) is 6.16. The third-order valence-electron chi connectivity index (χ3n) is 3.91. The molecule has 0 amide bonds. The van der Waals surface area contributed by atoms with Crippen LogP contribution in [0.5, 0.6) is 0 Å². The second-order valence-corrected chi connectivity index (χ2v) is 7.83. The minimum atomic E-state index is -4.94. The van der Waals surface area contributed by atoms with Crippen molar-refractivity contribution in [3.63, 3.8) is 0 Å². The minimum Gasteiger partial charge on any atom is -0.476 e. The Morgan fingerprint density at radius 1 is 1.21 bits per heavy atom. The SMILES string of the molecule is O=C(O)c1cc(S(=O)(=O)N2CCn3c(C(F)(F)F)nc(C(=O)O)c3C2)c(Cl)o1. The van der Waals surface area contributed by atoms with Crippen LogP contribution in [0.1, 0.15) is 32.6 Å². The van der Waals surface area contributed by atoms with Gasteiger partial charge in [-0.2, -0.15) is 17.5 Å². The van der Waals surface area contributed by atoms with Gasteiger partial charge in [-0.1, -0.05) is 0 Å². The van der Waals surface area contributed by atoms with Crippen molar-refractivity contribution < 1.29 is 45.8 Å². The number of furan rings is 1. The van der Waals surface area contributed by atoms with E-state index in [0.29, 0.717) is 14.9 Å². The normalized spacial score (nSPS) is 15.4. The number of carbonyl (C=O) groups is 2. The van der Waals surface area contributed by atoms with Crippen molar-refractivity contribution in [2.45, 2.75) is 24.2 Å². The topological polar surface area (TPSA) is 143 Å². The number of halogens is 4. The molecule has 3 rings (SSSR count). The molecular formula is C13H9ClF3N3O7S.